The summed E-state index contributed by atoms with van der Waals surface area (Å²) in [5, 5.41) is 2.71. The molecule has 1 fully saturated rings. The minimum absolute atomic E-state index is 0.0489. The molecular weight excluding hydrogens is 247 g/mol. The van der Waals surface area contributed by atoms with Crippen LogP contribution in [0.15, 0.2) is 24.3 Å². The van der Waals surface area contributed by atoms with Gasteiger partial charge in [0.05, 0.1) is 0 Å². The summed E-state index contributed by atoms with van der Waals surface area (Å²) in [6.45, 7) is 3.82. The second kappa shape index (κ2) is 5.38. The van der Waals surface area contributed by atoms with E-state index in [1.54, 1.807) is 6.07 Å². The van der Waals surface area contributed by atoms with Crippen LogP contribution in [0.2, 0.25) is 0 Å². The molecule has 1 heterocycles. The molecule has 1 aliphatic rings. The highest BCUT2D eigenvalue weighted by Crippen LogP contribution is 2.21. The van der Waals surface area contributed by atoms with E-state index in [0.29, 0.717) is 5.69 Å². The first-order chi connectivity index (χ1) is 9.02. The molecule has 0 spiro atoms. The third kappa shape index (κ3) is 2.75. The molecule has 1 aliphatic heterocycles. The first-order valence-electron chi connectivity index (χ1n) is 6.39. The van der Waals surface area contributed by atoms with Gasteiger partial charge >= 0.3 is 0 Å². The summed E-state index contributed by atoms with van der Waals surface area (Å²) in [4.78, 5) is 25.4. The van der Waals surface area contributed by atoms with Crippen LogP contribution < -0.4 is 10.2 Å². The highest BCUT2D eigenvalue weighted by Gasteiger charge is 2.36. The Bertz CT molecular complexity index is 504. The van der Waals surface area contributed by atoms with Crippen molar-refractivity contribution in [3.63, 3.8) is 0 Å². The fourth-order valence-corrected chi connectivity index (χ4v) is 2.15. The standard InChI is InChI=1S/C14H17FN2O2/c1-3-9(2)13-14(19)17(8-12(18)16-13)11-6-4-5-10(15)7-11/h4-7,9,13H,3,8H2,1-2H3,(H,16,18). The zero-order valence-electron chi connectivity index (χ0n) is 11.0. The summed E-state index contributed by atoms with van der Waals surface area (Å²) in [6.07, 6.45) is 0.785. The molecular formula is C14H17FN2O2. The minimum Gasteiger partial charge on any atom is -0.342 e. The second-order valence-corrected chi connectivity index (χ2v) is 4.83. The number of hydrogen-bond acceptors (Lipinski definition) is 2. The predicted molar refractivity (Wildman–Crippen MR) is 70.1 cm³/mol. The zero-order chi connectivity index (χ0) is 14.0. The van der Waals surface area contributed by atoms with Crippen molar-refractivity contribution in [2.45, 2.75) is 26.3 Å². The van der Waals surface area contributed by atoms with E-state index in [1.165, 1.54) is 23.1 Å². The molecule has 1 saturated heterocycles. The van der Waals surface area contributed by atoms with Gasteiger partial charge in [-0.2, -0.15) is 0 Å². The summed E-state index contributed by atoms with van der Waals surface area (Å²) in [7, 11) is 0. The molecule has 2 rings (SSSR count). The van der Waals surface area contributed by atoms with Gasteiger partial charge in [0.15, 0.2) is 0 Å². The van der Waals surface area contributed by atoms with Crippen LogP contribution in [0, 0.1) is 11.7 Å². The van der Waals surface area contributed by atoms with Crippen LogP contribution in [0.1, 0.15) is 20.3 Å². The average Bonchev–Trinajstić information content (AvgIpc) is 2.40. The Morgan fingerprint density at radius 1 is 1.47 bits per heavy atom. The van der Waals surface area contributed by atoms with Crippen molar-refractivity contribution in [3.8, 4) is 0 Å². The smallest absolute Gasteiger partial charge is 0.250 e. The largest absolute Gasteiger partial charge is 0.342 e. The van der Waals surface area contributed by atoms with E-state index in [4.69, 9.17) is 0 Å². The Morgan fingerprint density at radius 2 is 2.21 bits per heavy atom. The van der Waals surface area contributed by atoms with Gasteiger partial charge < -0.3 is 10.2 Å². The molecule has 0 aromatic heterocycles. The van der Waals surface area contributed by atoms with Gasteiger partial charge in [-0.25, -0.2) is 4.39 Å². The van der Waals surface area contributed by atoms with E-state index in [0.717, 1.165) is 6.42 Å². The van der Waals surface area contributed by atoms with Crippen LogP contribution in [0.5, 0.6) is 0 Å². The lowest BCUT2D eigenvalue weighted by molar-refractivity contribution is -0.132. The van der Waals surface area contributed by atoms with E-state index >= 15 is 0 Å². The van der Waals surface area contributed by atoms with Crippen molar-refractivity contribution in [1.82, 2.24) is 5.32 Å². The van der Waals surface area contributed by atoms with E-state index in [-0.39, 0.29) is 24.3 Å². The SMILES string of the molecule is CCC(C)C1NC(=O)CN(c2cccc(F)c2)C1=O. The van der Waals surface area contributed by atoms with Crippen LogP contribution in [0.4, 0.5) is 10.1 Å². The van der Waals surface area contributed by atoms with Gasteiger partial charge in [0.1, 0.15) is 18.4 Å². The summed E-state index contributed by atoms with van der Waals surface area (Å²) >= 11 is 0. The Balaban J connectivity index is 2.29. The molecule has 2 unspecified atom stereocenters. The Labute approximate surface area is 111 Å². The minimum atomic E-state index is -0.533. The number of nitrogens with zero attached hydrogens (tertiary/aromatic N) is 1. The molecule has 2 atom stereocenters. The van der Waals surface area contributed by atoms with Gasteiger partial charge in [-0.3, -0.25) is 9.59 Å². The number of benzene rings is 1. The number of rotatable bonds is 3. The van der Waals surface area contributed by atoms with E-state index in [2.05, 4.69) is 5.32 Å². The number of carbonyl (C=O) groups excluding carboxylic acids is 2. The molecule has 1 N–H and O–H groups in total. The zero-order valence-corrected chi connectivity index (χ0v) is 11.0. The van der Waals surface area contributed by atoms with Gasteiger partial charge in [-0.15, -0.1) is 0 Å². The number of carbonyl (C=O) groups is 2. The van der Waals surface area contributed by atoms with Crippen molar-refractivity contribution in [3.05, 3.63) is 30.1 Å². The number of amides is 2. The molecule has 2 amide bonds. The maximum absolute atomic E-state index is 13.2. The van der Waals surface area contributed by atoms with E-state index < -0.39 is 11.9 Å². The number of piperazine rings is 1. The van der Waals surface area contributed by atoms with Gasteiger partial charge in [-0.05, 0) is 24.1 Å². The topological polar surface area (TPSA) is 49.4 Å². The second-order valence-electron chi connectivity index (χ2n) is 4.83. The van der Waals surface area contributed by atoms with Crippen LogP contribution in [0.25, 0.3) is 0 Å². The van der Waals surface area contributed by atoms with Crippen molar-refractivity contribution >= 4 is 17.5 Å². The number of halogens is 1. The first kappa shape index (κ1) is 13.5. The maximum Gasteiger partial charge on any atom is 0.250 e. The third-order valence-corrected chi connectivity index (χ3v) is 3.48. The fourth-order valence-electron chi connectivity index (χ4n) is 2.15. The molecule has 5 heteroatoms. The first-order valence-corrected chi connectivity index (χ1v) is 6.39. The molecule has 0 aliphatic carbocycles. The Kier molecular flexibility index (Phi) is 3.83. The van der Waals surface area contributed by atoms with Crippen LogP contribution in [-0.4, -0.2) is 24.4 Å². The Hall–Kier alpha value is -1.91. The Morgan fingerprint density at radius 3 is 2.84 bits per heavy atom. The number of hydrogen-bond donors (Lipinski definition) is 1. The van der Waals surface area contributed by atoms with Gasteiger partial charge in [-0.1, -0.05) is 26.3 Å². The summed E-state index contributed by atoms with van der Waals surface area (Å²) in [5.74, 6) is -0.766. The van der Waals surface area contributed by atoms with Crippen molar-refractivity contribution in [1.29, 1.82) is 0 Å². The lowest BCUT2D eigenvalue weighted by Crippen LogP contribution is -2.60. The number of nitrogens with one attached hydrogen (secondary N) is 1. The molecule has 4 nitrogen and oxygen atoms in total. The van der Waals surface area contributed by atoms with Gasteiger partial charge in [0, 0.05) is 5.69 Å². The molecule has 1 aromatic carbocycles. The fraction of sp³-hybridized carbons (Fsp3) is 0.429. The van der Waals surface area contributed by atoms with E-state index in [1.807, 2.05) is 13.8 Å². The summed E-state index contributed by atoms with van der Waals surface area (Å²) in [6, 6.07) is 5.21. The quantitative estimate of drug-likeness (QED) is 0.903. The normalized spacial score (nSPS) is 21.2. The highest BCUT2D eigenvalue weighted by atomic mass is 19.1. The van der Waals surface area contributed by atoms with Crippen LogP contribution in [0.3, 0.4) is 0 Å². The molecule has 102 valence electrons. The number of anilines is 1. The average molecular weight is 264 g/mol. The van der Waals surface area contributed by atoms with Crippen molar-refractivity contribution < 1.29 is 14.0 Å². The molecule has 0 bridgehead atoms. The van der Waals surface area contributed by atoms with Crippen LogP contribution >= 0.6 is 0 Å². The molecule has 1 aromatic rings. The molecule has 0 radical (unpaired) electrons. The van der Waals surface area contributed by atoms with Crippen LogP contribution in [-0.2, 0) is 9.59 Å². The summed E-state index contributed by atoms with van der Waals surface area (Å²) in [5.41, 5.74) is 0.424. The van der Waals surface area contributed by atoms with Gasteiger partial charge in [0.25, 0.3) is 0 Å². The third-order valence-electron chi connectivity index (χ3n) is 3.48. The lowest BCUT2D eigenvalue weighted by Gasteiger charge is -2.35. The summed E-state index contributed by atoms with van der Waals surface area (Å²) < 4.78 is 13.2. The van der Waals surface area contributed by atoms with Crippen molar-refractivity contribution in [2.24, 2.45) is 5.92 Å². The van der Waals surface area contributed by atoms with E-state index in [9.17, 15) is 14.0 Å². The van der Waals surface area contributed by atoms with Gasteiger partial charge in [0.2, 0.25) is 11.8 Å². The lowest BCUT2D eigenvalue weighted by atomic mass is 9.96. The molecule has 0 saturated carbocycles. The maximum atomic E-state index is 13.2. The predicted octanol–water partition coefficient (Wildman–Crippen LogP) is 1.70. The monoisotopic (exact) mass is 264 g/mol. The van der Waals surface area contributed by atoms with Crippen molar-refractivity contribution in [2.75, 3.05) is 11.4 Å². The molecule has 19 heavy (non-hydrogen) atoms. The highest BCUT2D eigenvalue weighted by molar-refractivity contribution is 6.06.